The minimum atomic E-state index is -3.54. The van der Waals surface area contributed by atoms with Gasteiger partial charge in [0.05, 0.1) is 11.4 Å². The van der Waals surface area contributed by atoms with Crippen molar-refractivity contribution in [2.24, 2.45) is 0 Å². The lowest BCUT2D eigenvalue weighted by molar-refractivity contribution is -0.117. The third kappa shape index (κ3) is 4.91. The molecule has 0 radical (unpaired) electrons. The first-order valence-electron chi connectivity index (χ1n) is 9.11. The molecule has 0 atom stereocenters. The van der Waals surface area contributed by atoms with Gasteiger partial charge in [0.1, 0.15) is 0 Å². The van der Waals surface area contributed by atoms with Crippen LogP contribution in [0.1, 0.15) is 11.1 Å². The van der Waals surface area contributed by atoms with E-state index < -0.39 is 10.0 Å². The molecule has 8 heteroatoms. The Hall–Kier alpha value is -1.93. The second-order valence-electron chi connectivity index (χ2n) is 7.00. The molecule has 3 rings (SSSR count). The number of aryl methyl sites for hydroxylation is 2. The molecule has 2 aromatic rings. The second-order valence-corrected chi connectivity index (χ2v) is 9.38. The zero-order chi connectivity index (χ0) is 20.3. The molecule has 28 heavy (non-hydrogen) atoms. The summed E-state index contributed by atoms with van der Waals surface area (Å²) in [4.78, 5) is 14.6. The number of anilines is 1. The van der Waals surface area contributed by atoms with Crippen LogP contribution in [0.15, 0.2) is 47.4 Å². The number of carbonyl (C=O) groups excluding carboxylic acids is 1. The number of amides is 1. The van der Waals surface area contributed by atoms with Crippen molar-refractivity contribution in [3.8, 4) is 0 Å². The summed E-state index contributed by atoms with van der Waals surface area (Å²) in [5.74, 6) is -0.0947. The number of piperazine rings is 1. The highest BCUT2D eigenvalue weighted by Gasteiger charge is 2.29. The predicted molar refractivity (Wildman–Crippen MR) is 111 cm³/mol. The zero-order valence-electron chi connectivity index (χ0n) is 16.0. The average Bonchev–Trinajstić information content (AvgIpc) is 2.65. The van der Waals surface area contributed by atoms with Gasteiger partial charge in [-0.05, 0) is 55.3 Å². The van der Waals surface area contributed by atoms with Crippen molar-refractivity contribution < 1.29 is 13.2 Å². The molecule has 6 nitrogen and oxygen atoms in total. The Morgan fingerprint density at radius 1 is 1.04 bits per heavy atom. The summed E-state index contributed by atoms with van der Waals surface area (Å²) in [6.07, 6.45) is 0. The topological polar surface area (TPSA) is 69.7 Å². The van der Waals surface area contributed by atoms with Crippen LogP contribution in [0.5, 0.6) is 0 Å². The molecule has 2 aromatic carbocycles. The van der Waals surface area contributed by atoms with E-state index in [1.165, 1.54) is 16.4 Å². The molecule has 1 aliphatic rings. The third-order valence-electron chi connectivity index (χ3n) is 4.82. The van der Waals surface area contributed by atoms with Gasteiger partial charge < -0.3 is 5.32 Å². The molecular formula is C20H24ClN3O3S. The van der Waals surface area contributed by atoms with E-state index in [1.807, 2.05) is 36.9 Å². The van der Waals surface area contributed by atoms with Crippen molar-refractivity contribution in [2.45, 2.75) is 18.7 Å². The minimum Gasteiger partial charge on any atom is -0.325 e. The monoisotopic (exact) mass is 421 g/mol. The first-order chi connectivity index (χ1) is 13.3. The largest absolute Gasteiger partial charge is 0.325 e. The maximum Gasteiger partial charge on any atom is 0.243 e. The Kier molecular flexibility index (Phi) is 6.40. The molecule has 1 amide bonds. The van der Waals surface area contributed by atoms with E-state index in [0.29, 0.717) is 31.2 Å². The summed E-state index contributed by atoms with van der Waals surface area (Å²) in [5, 5.41) is 3.44. The fourth-order valence-electron chi connectivity index (χ4n) is 3.15. The summed E-state index contributed by atoms with van der Waals surface area (Å²) >= 11 is 5.84. The number of rotatable bonds is 5. The highest BCUT2D eigenvalue weighted by Crippen LogP contribution is 2.20. The maximum absolute atomic E-state index is 12.7. The van der Waals surface area contributed by atoms with Crippen molar-refractivity contribution in [3.05, 3.63) is 58.6 Å². The smallest absolute Gasteiger partial charge is 0.243 e. The first-order valence-corrected chi connectivity index (χ1v) is 10.9. The van der Waals surface area contributed by atoms with Crippen LogP contribution in [0.25, 0.3) is 0 Å². The van der Waals surface area contributed by atoms with E-state index in [4.69, 9.17) is 11.6 Å². The number of hydrogen-bond donors (Lipinski definition) is 1. The number of nitrogens with zero attached hydrogens (tertiary/aromatic N) is 2. The fraction of sp³-hybridized carbons (Fsp3) is 0.350. The molecule has 0 aromatic heterocycles. The summed E-state index contributed by atoms with van der Waals surface area (Å²) in [6, 6.07) is 12.1. The van der Waals surface area contributed by atoms with Gasteiger partial charge >= 0.3 is 0 Å². The lowest BCUT2D eigenvalue weighted by atomic mass is 10.1. The highest BCUT2D eigenvalue weighted by molar-refractivity contribution is 7.89. The number of nitrogens with one attached hydrogen (secondary N) is 1. The Labute approximate surface area is 171 Å². The normalized spacial score (nSPS) is 16.1. The lowest BCUT2D eigenvalue weighted by Gasteiger charge is -2.33. The van der Waals surface area contributed by atoms with E-state index in [0.717, 1.165) is 16.8 Å². The lowest BCUT2D eigenvalue weighted by Crippen LogP contribution is -2.50. The van der Waals surface area contributed by atoms with Crippen LogP contribution in [0, 0.1) is 13.8 Å². The van der Waals surface area contributed by atoms with Crippen LogP contribution >= 0.6 is 11.6 Å². The van der Waals surface area contributed by atoms with Gasteiger partial charge in [-0.1, -0.05) is 23.7 Å². The van der Waals surface area contributed by atoms with E-state index in [-0.39, 0.29) is 17.3 Å². The molecule has 0 spiro atoms. The molecule has 0 bridgehead atoms. The predicted octanol–water partition coefficient (Wildman–Crippen LogP) is 2.90. The van der Waals surface area contributed by atoms with Crippen molar-refractivity contribution in [3.63, 3.8) is 0 Å². The molecule has 1 N–H and O–H groups in total. The van der Waals surface area contributed by atoms with Gasteiger partial charge in [0.2, 0.25) is 15.9 Å². The van der Waals surface area contributed by atoms with Crippen LogP contribution in [0.4, 0.5) is 5.69 Å². The Balaban J connectivity index is 1.55. The first kappa shape index (κ1) is 20.8. The van der Waals surface area contributed by atoms with Crippen LogP contribution < -0.4 is 5.32 Å². The van der Waals surface area contributed by atoms with Crippen molar-refractivity contribution in [1.29, 1.82) is 0 Å². The number of hydrogen-bond acceptors (Lipinski definition) is 4. The molecule has 1 heterocycles. The van der Waals surface area contributed by atoms with Crippen molar-refractivity contribution in [1.82, 2.24) is 9.21 Å². The SMILES string of the molecule is Cc1ccc(C)c(NC(=O)CN2CCN(S(=O)(=O)c3ccc(Cl)cc3)CC2)c1. The third-order valence-corrected chi connectivity index (χ3v) is 6.98. The summed E-state index contributed by atoms with van der Waals surface area (Å²) < 4.78 is 26.9. The van der Waals surface area contributed by atoms with E-state index in [1.54, 1.807) is 12.1 Å². The minimum absolute atomic E-state index is 0.0947. The van der Waals surface area contributed by atoms with Gasteiger partial charge in [-0.25, -0.2) is 8.42 Å². The van der Waals surface area contributed by atoms with E-state index in [2.05, 4.69) is 5.32 Å². The standard InChI is InChI=1S/C20H24ClN3O3S/c1-15-3-4-16(2)19(13-15)22-20(25)14-23-9-11-24(12-10-23)28(26,27)18-7-5-17(21)6-8-18/h3-8,13H,9-12,14H2,1-2H3,(H,22,25). The summed E-state index contributed by atoms with van der Waals surface area (Å²) in [6.45, 7) is 5.89. The number of benzene rings is 2. The summed E-state index contributed by atoms with van der Waals surface area (Å²) in [5.41, 5.74) is 2.91. The van der Waals surface area contributed by atoms with Crippen molar-refractivity contribution in [2.75, 3.05) is 38.0 Å². The van der Waals surface area contributed by atoms with Gasteiger partial charge in [-0.3, -0.25) is 9.69 Å². The molecule has 0 aliphatic carbocycles. The Morgan fingerprint density at radius 3 is 2.32 bits per heavy atom. The summed E-state index contributed by atoms with van der Waals surface area (Å²) in [7, 11) is -3.54. The molecular weight excluding hydrogens is 398 g/mol. The number of sulfonamides is 1. The van der Waals surface area contributed by atoms with Crippen LogP contribution in [-0.4, -0.2) is 56.3 Å². The van der Waals surface area contributed by atoms with Gasteiger partial charge in [-0.2, -0.15) is 4.31 Å². The Morgan fingerprint density at radius 2 is 1.68 bits per heavy atom. The molecule has 150 valence electrons. The van der Waals surface area contributed by atoms with Crippen LogP contribution in [-0.2, 0) is 14.8 Å². The molecule has 1 aliphatic heterocycles. The van der Waals surface area contributed by atoms with Gasteiger partial charge in [0, 0.05) is 36.9 Å². The van der Waals surface area contributed by atoms with Crippen molar-refractivity contribution >= 4 is 33.2 Å². The van der Waals surface area contributed by atoms with Gasteiger partial charge in [0.15, 0.2) is 0 Å². The highest BCUT2D eigenvalue weighted by atomic mass is 35.5. The molecule has 0 saturated carbocycles. The van der Waals surface area contributed by atoms with Crippen LogP contribution in [0.3, 0.4) is 0 Å². The molecule has 1 saturated heterocycles. The maximum atomic E-state index is 12.7. The number of carbonyl (C=O) groups is 1. The molecule has 1 fully saturated rings. The van der Waals surface area contributed by atoms with Gasteiger partial charge in [-0.15, -0.1) is 0 Å². The molecule has 0 unspecified atom stereocenters. The van der Waals surface area contributed by atoms with Gasteiger partial charge in [0.25, 0.3) is 0 Å². The van der Waals surface area contributed by atoms with E-state index >= 15 is 0 Å². The number of halogens is 1. The zero-order valence-corrected chi connectivity index (χ0v) is 17.6. The fourth-order valence-corrected chi connectivity index (χ4v) is 4.70. The second kappa shape index (κ2) is 8.61. The van der Waals surface area contributed by atoms with E-state index in [9.17, 15) is 13.2 Å². The average molecular weight is 422 g/mol. The Bertz CT molecular complexity index is 953. The quantitative estimate of drug-likeness (QED) is 0.805. The van der Waals surface area contributed by atoms with Crippen LogP contribution in [0.2, 0.25) is 5.02 Å².